The SMILES string of the molecule is C[C@H](CC(=O)N1CC(CCc2ccc3c(n2)NCCC3)C1)NS(=O)(=O)CCC(F)(F)F. The molecule has 3 heterocycles. The predicted molar refractivity (Wildman–Crippen MR) is 111 cm³/mol. The average Bonchev–Trinajstić information content (AvgIpc) is 2.64. The van der Waals surface area contributed by atoms with E-state index < -0.39 is 34.4 Å². The Kier molecular flexibility index (Phi) is 7.46. The van der Waals surface area contributed by atoms with Gasteiger partial charge in [-0.3, -0.25) is 4.79 Å². The van der Waals surface area contributed by atoms with Gasteiger partial charge in [-0.2, -0.15) is 13.2 Å². The Morgan fingerprint density at radius 1 is 1.35 bits per heavy atom. The minimum Gasteiger partial charge on any atom is -0.370 e. The normalized spacial score (nSPS) is 18.1. The van der Waals surface area contributed by atoms with Crippen molar-refractivity contribution in [3.63, 3.8) is 0 Å². The van der Waals surface area contributed by atoms with Gasteiger partial charge < -0.3 is 10.2 Å². The molecule has 0 aromatic carbocycles. The summed E-state index contributed by atoms with van der Waals surface area (Å²) < 4.78 is 62.3. The Hall–Kier alpha value is -1.88. The Bertz CT molecular complexity index is 886. The maximum atomic E-state index is 12.3. The number of alkyl halides is 3. The third-order valence-corrected chi connectivity index (χ3v) is 7.09. The van der Waals surface area contributed by atoms with Gasteiger partial charge in [0.25, 0.3) is 0 Å². The molecule has 0 unspecified atom stereocenters. The number of sulfonamides is 1. The number of halogens is 3. The van der Waals surface area contributed by atoms with Crippen molar-refractivity contribution in [2.75, 3.05) is 30.7 Å². The molecule has 0 radical (unpaired) electrons. The standard InChI is InChI=1S/C20H29F3N4O3S/c1-14(26-31(29,30)10-8-20(21,22)23)11-18(28)27-12-15(13-27)4-6-17-7-5-16-3-2-9-24-19(16)25-17/h5,7,14-15,26H,2-4,6,8-13H2,1H3,(H,24,25)/t14-/m1/s1. The lowest BCUT2D eigenvalue weighted by atomic mass is 9.93. The molecule has 7 nitrogen and oxygen atoms in total. The third kappa shape index (κ3) is 7.34. The van der Waals surface area contributed by atoms with Crippen LogP contribution in [0.25, 0.3) is 0 Å². The van der Waals surface area contributed by atoms with Crippen LogP contribution in [0.5, 0.6) is 0 Å². The summed E-state index contributed by atoms with van der Waals surface area (Å²) in [6, 6.07) is 3.43. The van der Waals surface area contributed by atoms with Crippen molar-refractivity contribution in [2.24, 2.45) is 5.92 Å². The summed E-state index contributed by atoms with van der Waals surface area (Å²) in [7, 11) is -4.08. The van der Waals surface area contributed by atoms with Crippen molar-refractivity contribution in [1.29, 1.82) is 0 Å². The van der Waals surface area contributed by atoms with Gasteiger partial charge in [-0.25, -0.2) is 18.1 Å². The van der Waals surface area contributed by atoms with Crippen molar-refractivity contribution >= 4 is 21.7 Å². The van der Waals surface area contributed by atoms with Gasteiger partial charge in [0.05, 0.1) is 12.2 Å². The van der Waals surface area contributed by atoms with E-state index in [0.717, 1.165) is 43.7 Å². The molecular formula is C20H29F3N4O3S. The molecule has 0 bridgehead atoms. The van der Waals surface area contributed by atoms with Crippen molar-refractivity contribution in [3.8, 4) is 0 Å². The van der Waals surface area contributed by atoms with E-state index in [1.165, 1.54) is 12.5 Å². The van der Waals surface area contributed by atoms with Gasteiger partial charge in [0.1, 0.15) is 5.82 Å². The van der Waals surface area contributed by atoms with Crippen LogP contribution in [-0.2, 0) is 27.7 Å². The number of likely N-dealkylation sites (tertiary alicyclic amines) is 1. The maximum Gasteiger partial charge on any atom is 0.390 e. The molecule has 1 atom stereocenters. The number of hydrogen-bond donors (Lipinski definition) is 2. The summed E-state index contributed by atoms with van der Waals surface area (Å²) in [6.45, 7) is 3.64. The number of fused-ring (bicyclic) bond motifs is 1. The lowest BCUT2D eigenvalue weighted by Gasteiger charge is -2.40. The second-order valence-corrected chi connectivity index (χ2v) is 10.3. The summed E-state index contributed by atoms with van der Waals surface area (Å²) in [4.78, 5) is 18.6. The van der Waals surface area contributed by atoms with Crippen LogP contribution in [0.3, 0.4) is 0 Å². The highest BCUT2D eigenvalue weighted by molar-refractivity contribution is 7.89. The van der Waals surface area contributed by atoms with Gasteiger partial charge in [0.15, 0.2) is 0 Å². The number of nitrogens with one attached hydrogen (secondary N) is 2. The number of aryl methyl sites for hydroxylation is 2. The molecule has 0 aliphatic carbocycles. The van der Waals surface area contributed by atoms with Crippen molar-refractivity contribution in [2.45, 2.75) is 57.7 Å². The highest BCUT2D eigenvalue weighted by Gasteiger charge is 2.33. The topological polar surface area (TPSA) is 91.4 Å². The molecule has 2 N–H and O–H groups in total. The number of rotatable bonds is 9. The Labute approximate surface area is 180 Å². The molecule has 1 aromatic heterocycles. The van der Waals surface area contributed by atoms with Crippen LogP contribution < -0.4 is 10.0 Å². The van der Waals surface area contributed by atoms with Gasteiger partial charge in [-0.05, 0) is 50.2 Å². The van der Waals surface area contributed by atoms with Gasteiger partial charge in [-0.15, -0.1) is 0 Å². The van der Waals surface area contributed by atoms with Crippen LogP contribution in [0, 0.1) is 5.92 Å². The van der Waals surface area contributed by atoms with E-state index in [9.17, 15) is 26.4 Å². The highest BCUT2D eigenvalue weighted by Crippen LogP contribution is 2.24. The molecule has 1 saturated heterocycles. The van der Waals surface area contributed by atoms with Crippen LogP contribution in [0.1, 0.15) is 43.9 Å². The molecule has 2 aliphatic rings. The van der Waals surface area contributed by atoms with E-state index in [2.05, 4.69) is 27.2 Å². The number of amides is 1. The molecular weight excluding hydrogens is 433 g/mol. The van der Waals surface area contributed by atoms with Gasteiger partial charge >= 0.3 is 6.18 Å². The first kappa shape index (κ1) is 23.8. The summed E-state index contributed by atoms with van der Waals surface area (Å²) in [6.07, 6.45) is -2.11. The number of anilines is 1. The molecule has 0 spiro atoms. The first-order valence-electron chi connectivity index (χ1n) is 10.6. The molecule has 1 aromatic rings. The van der Waals surface area contributed by atoms with Crippen LogP contribution in [0.15, 0.2) is 12.1 Å². The van der Waals surface area contributed by atoms with Gasteiger partial charge in [0, 0.05) is 37.8 Å². The zero-order valence-corrected chi connectivity index (χ0v) is 18.4. The Balaban J connectivity index is 1.36. The van der Waals surface area contributed by atoms with Crippen molar-refractivity contribution < 1.29 is 26.4 Å². The van der Waals surface area contributed by atoms with Crippen LogP contribution in [-0.4, -0.2) is 61.8 Å². The molecule has 0 saturated carbocycles. The number of pyridine rings is 1. The molecule has 1 amide bonds. The first-order chi connectivity index (χ1) is 14.5. The molecule has 31 heavy (non-hydrogen) atoms. The average molecular weight is 463 g/mol. The maximum absolute atomic E-state index is 12.3. The van der Waals surface area contributed by atoms with E-state index in [0.29, 0.717) is 19.0 Å². The summed E-state index contributed by atoms with van der Waals surface area (Å²) in [5, 5.41) is 3.32. The van der Waals surface area contributed by atoms with Crippen molar-refractivity contribution in [1.82, 2.24) is 14.6 Å². The summed E-state index contributed by atoms with van der Waals surface area (Å²) in [5.74, 6) is 0.111. The fraction of sp³-hybridized carbons (Fsp3) is 0.700. The van der Waals surface area contributed by atoms with E-state index >= 15 is 0 Å². The molecule has 174 valence electrons. The summed E-state index contributed by atoms with van der Waals surface area (Å²) in [5.41, 5.74) is 2.28. The lowest BCUT2D eigenvalue weighted by Crippen LogP contribution is -2.51. The van der Waals surface area contributed by atoms with E-state index in [1.807, 2.05) is 0 Å². The number of nitrogens with zero attached hydrogens (tertiary/aromatic N) is 2. The van der Waals surface area contributed by atoms with Gasteiger partial charge in [0.2, 0.25) is 15.9 Å². The second-order valence-electron chi connectivity index (χ2n) is 8.45. The second kappa shape index (κ2) is 9.72. The van der Waals surface area contributed by atoms with Crippen LogP contribution in [0.2, 0.25) is 0 Å². The zero-order valence-electron chi connectivity index (χ0n) is 17.5. The monoisotopic (exact) mass is 462 g/mol. The van der Waals surface area contributed by atoms with Crippen LogP contribution >= 0.6 is 0 Å². The minimum atomic E-state index is -4.54. The quantitative estimate of drug-likeness (QED) is 0.588. The predicted octanol–water partition coefficient (Wildman–Crippen LogP) is 2.48. The minimum absolute atomic E-state index is 0.0734. The van der Waals surface area contributed by atoms with Gasteiger partial charge in [-0.1, -0.05) is 6.07 Å². The number of hydrogen-bond acceptors (Lipinski definition) is 5. The molecule has 3 rings (SSSR count). The largest absolute Gasteiger partial charge is 0.390 e. The lowest BCUT2D eigenvalue weighted by molar-refractivity contribution is -0.138. The molecule has 2 aliphatic heterocycles. The zero-order chi connectivity index (χ0) is 22.6. The fourth-order valence-electron chi connectivity index (χ4n) is 3.86. The Morgan fingerprint density at radius 2 is 2.10 bits per heavy atom. The smallest absolute Gasteiger partial charge is 0.370 e. The number of carbonyl (C=O) groups is 1. The molecule has 11 heteroatoms. The number of carbonyl (C=O) groups excluding carboxylic acids is 1. The highest BCUT2D eigenvalue weighted by atomic mass is 32.2. The first-order valence-corrected chi connectivity index (χ1v) is 12.2. The van der Waals surface area contributed by atoms with Crippen molar-refractivity contribution in [3.05, 3.63) is 23.4 Å². The number of aromatic nitrogens is 1. The van der Waals surface area contributed by atoms with E-state index in [4.69, 9.17) is 0 Å². The molecule has 1 fully saturated rings. The Morgan fingerprint density at radius 3 is 2.81 bits per heavy atom. The van der Waals surface area contributed by atoms with E-state index in [-0.39, 0.29) is 12.3 Å². The van der Waals surface area contributed by atoms with E-state index in [1.54, 1.807) is 4.90 Å². The summed E-state index contributed by atoms with van der Waals surface area (Å²) >= 11 is 0. The van der Waals surface area contributed by atoms with Crippen LogP contribution in [0.4, 0.5) is 19.0 Å². The third-order valence-electron chi connectivity index (χ3n) is 5.59. The fourth-order valence-corrected chi connectivity index (χ4v) is 5.18.